The molecule has 0 bridgehead atoms. The second kappa shape index (κ2) is 10.7. The summed E-state index contributed by atoms with van der Waals surface area (Å²) in [6.45, 7) is -0.251. The van der Waals surface area contributed by atoms with Crippen molar-refractivity contribution in [3.63, 3.8) is 0 Å². The minimum absolute atomic E-state index is 0.251. The van der Waals surface area contributed by atoms with Gasteiger partial charge in [-0.1, -0.05) is 72.3 Å². The molecule has 3 aromatic rings. The minimum atomic E-state index is -0.777. The van der Waals surface area contributed by atoms with Gasteiger partial charge in [0, 0.05) is 23.2 Å². The number of carbonyl (C=O) groups is 3. The first-order valence-electron chi connectivity index (χ1n) is 10.1. The lowest BCUT2D eigenvalue weighted by Crippen LogP contribution is -2.46. The summed E-state index contributed by atoms with van der Waals surface area (Å²) in [5, 5.41) is 2.96. The molecule has 0 aliphatic carbocycles. The summed E-state index contributed by atoms with van der Waals surface area (Å²) in [6, 6.07) is 22.1. The smallest absolute Gasteiger partial charge is 0.246 e. The van der Waals surface area contributed by atoms with Crippen LogP contribution in [0.1, 0.15) is 21.5 Å². The van der Waals surface area contributed by atoms with Crippen LogP contribution in [0.3, 0.4) is 0 Å². The molecule has 3 N–H and O–H groups in total. The number of benzene rings is 3. The molecule has 32 heavy (non-hydrogen) atoms. The van der Waals surface area contributed by atoms with Gasteiger partial charge in [-0.3, -0.25) is 14.4 Å². The molecule has 0 unspecified atom stereocenters. The van der Waals surface area contributed by atoms with Crippen LogP contribution in [0.4, 0.5) is 5.69 Å². The molecule has 3 aromatic carbocycles. The third-order valence-electron chi connectivity index (χ3n) is 5.02. The highest BCUT2D eigenvalue weighted by Crippen LogP contribution is 2.26. The topological polar surface area (TPSA) is 92.5 Å². The van der Waals surface area contributed by atoms with Gasteiger partial charge >= 0.3 is 0 Å². The lowest BCUT2D eigenvalue weighted by Gasteiger charge is -2.21. The number of rotatable bonds is 8. The first-order valence-corrected chi connectivity index (χ1v) is 10.5. The van der Waals surface area contributed by atoms with Gasteiger partial charge in [-0.05, 0) is 30.2 Å². The number of ketones is 1. The Bertz CT molecular complexity index is 1100. The number of amides is 2. The second-order valence-electron chi connectivity index (χ2n) is 7.32. The number of nitrogens with one attached hydrogen (secondary N) is 1. The average Bonchev–Trinajstić information content (AvgIpc) is 2.82. The van der Waals surface area contributed by atoms with Gasteiger partial charge in [0.05, 0.1) is 18.3 Å². The molecule has 1 atom stereocenters. The van der Waals surface area contributed by atoms with Gasteiger partial charge in [-0.15, -0.1) is 0 Å². The molecule has 0 aliphatic rings. The highest BCUT2D eigenvalue weighted by atomic mass is 35.5. The van der Waals surface area contributed by atoms with Crippen molar-refractivity contribution in [3.8, 4) is 0 Å². The van der Waals surface area contributed by atoms with Crippen LogP contribution in [-0.2, 0) is 16.0 Å². The van der Waals surface area contributed by atoms with Crippen molar-refractivity contribution < 1.29 is 14.4 Å². The molecule has 3 rings (SSSR count). The predicted octanol–water partition coefficient (Wildman–Crippen LogP) is 3.22. The van der Waals surface area contributed by atoms with E-state index < -0.39 is 17.9 Å². The summed E-state index contributed by atoms with van der Waals surface area (Å²) < 4.78 is 0. The Balaban J connectivity index is 1.68. The Hall–Kier alpha value is -3.48. The van der Waals surface area contributed by atoms with Crippen molar-refractivity contribution in [1.29, 1.82) is 0 Å². The molecule has 0 saturated carbocycles. The fraction of sp³-hybridized carbons (Fsp3) is 0.160. The summed E-state index contributed by atoms with van der Waals surface area (Å²) in [6.07, 6.45) is 0.365. The van der Waals surface area contributed by atoms with E-state index in [1.807, 2.05) is 36.4 Å². The Morgan fingerprint density at radius 1 is 0.969 bits per heavy atom. The summed E-state index contributed by atoms with van der Waals surface area (Å²) in [5.41, 5.74) is 8.09. The number of carbonyl (C=O) groups excluding carboxylic acids is 3. The van der Waals surface area contributed by atoms with E-state index in [2.05, 4.69) is 5.32 Å². The van der Waals surface area contributed by atoms with Gasteiger partial charge in [-0.25, -0.2) is 0 Å². The maximum Gasteiger partial charge on any atom is 0.246 e. The van der Waals surface area contributed by atoms with E-state index in [0.717, 1.165) is 5.56 Å². The van der Waals surface area contributed by atoms with E-state index in [4.69, 9.17) is 17.3 Å². The molecule has 164 valence electrons. The van der Waals surface area contributed by atoms with Crippen LogP contribution in [0.2, 0.25) is 5.02 Å². The van der Waals surface area contributed by atoms with Gasteiger partial charge in [0.15, 0.2) is 5.78 Å². The lowest BCUT2D eigenvalue weighted by atomic mass is 10.0. The van der Waals surface area contributed by atoms with E-state index >= 15 is 0 Å². The third-order valence-corrected chi connectivity index (χ3v) is 5.26. The standard InChI is InChI=1S/C25H24ClN3O3/c1-29(23(30)16-28-25(32)21(27)14-17-8-4-2-5-9-17)22-13-12-19(26)15-20(22)24(31)18-10-6-3-7-11-18/h2-13,15,21H,14,16,27H2,1H3,(H,28,32)/t21-/m0/s1. The Kier molecular flexibility index (Phi) is 7.76. The number of likely N-dealkylation sites (N-methyl/N-ethyl adjacent to an activating group) is 1. The zero-order valence-corrected chi connectivity index (χ0v) is 18.4. The third kappa shape index (κ3) is 5.81. The molecular formula is C25H24ClN3O3. The minimum Gasteiger partial charge on any atom is -0.346 e. The van der Waals surface area contributed by atoms with Crippen LogP contribution in [0.25, 0.3) is 0 Å². The zero-order chi connectivity index (χ0) is 23.1. The Labute approximate surface area is 192 Å². The number of hydrogen-bond acceptors (Lipinski definition) is 4. The highest BCUT2D eigenvalue weighted by Gasteiger charge is 2.21. The molecule has 0 aromatic heterocycles. The molecule has 0 spiro atoms. The quantitative estimate of drug-likeness (QED) is 0.516. The zero-order valence-electron chi connectivity index (χ0n) is 17.6. The monoisotopic (exact) mass is 449 g/mol. The summed E-state index contributed by atoms with van der Waals surface area (Å²) in [5.74, 6) is -1.07. The number of anilines is 1. The molecular weight excluding hydrogens is 426 g/mol. The highest BCUT2D eigenvalue weighted by molar-refractivity contribution is 6.31. The van der Waals surface area contributed by atoms with Crippen LogP contribution < -0.4 is 16.0 Å². The van der Waals surface area contributed by atoms with Crippen LogP contribution in [0.5, 0.6) is 0 Å². The lowest BCUT2D eigenvalue weighted by molar-refractivity contribution is -0.125. The SMILES string of the molecule is CN(C(=O)CNC(=O)[C@@H](N)Cc1ccccc1)c1ccc(Cl)cc1C(=O)c1ccccc1. The Morgan fingerprint density at radius 3 is 2.25 bits per heavy atom. The Morgan fingerprint density at radius 2 is 1.59 bits per heavy atom. The number of nitrogens with zero attached hydrogens (tertiary/aromatic N) is 1. The molecule has 0 heterocycles. The van der Waals surface area contributed by atoms with E-state index in [0.29, 0.717) is 28.3 Å². The van der Waals surface area contributed by atoms with Crippen LogP contribution in [0, 0.1) is 0 Å². The van der Waals surface area contributed by atoms with Crippen molar-refractivity contribution in [2.75, 3.05) is 18.5 Å². The number of hydrogen-bond donors (Lipinski definition) is 2. The largest absolute Gasteiger partial charge is 0.346 e. The average molecular weight is 450 g/mol. The van der Waals surface area contributed by atoms with E-state index in [9.17, 15) is 14.4 Å². The first kappa shape index (κ1) is 23.2. The summed E-state index contributed by atoms with van der Waals surface area (Å²) >= 11 is 6.11. The van der Waals surface area contributed by atoms with Gasteiger partial charge in [0.2, 0.25) is 11.8 Å². The van der Waals surface area contributed by atoms with Crippen molar-refractivity contribution in [1.82, 2.24) is 5.32 Å². The van der Waals surface area contributed by atoms with Crippen LogP contribution in [0.15, 0.2) is 78.9 Å². The molecule has 0 fully saturated rings. The molecule has 0 aliphatic heterocycles. The molecule has 6 nitrogen and oxygen atoms in total. The second-order valence-corrected chi connectivity index (χ2v) is 7.76. The van der Waals surface area contributed by atoms with Gasteiger partial charge in [0.25, 0.3) is 0 Å². The van der Waals surface area contributed by atoms with Crippen molar-refractivity contribution in [2.45, 2.75) is 12.5 Å². The van der Waals surface area contributed by atoms with Gasteiger partial charge < -0.3 is 16.0 Å². The van der Waals surface area contributed by atoms with Gasteiger partial charge in [-0.2, -0.15) is 0 Å². The fourth-order valence-electron chi connectivity index (χ4n) is 3.24. The maximum atomic E-state index is 13.0. The molecule has 0 radical (unpaired) electrons. The predicted molar refractivity (Wildman–Crippen MR) is 126 cm³/mol. The van der Waals surface area contributed by atoms with Crippen LogP contribution in [-0.4, -0.2) is 37.2 Å². The van der Waals surface area contributed by atoms with E-state index in [1.54, 1.807) is 43.4 Å². The normalized spacial score (nSPS) is 11.5. The van der Waals surface area contributed by atoms with Crippen molar-refractivity contribution in [2.24, 2.45) is 5.73 Å². The van der Waals surface area contributed by atoms with Gasteiger partial charge in [0.1, 0.15) is 0 Å². The molecule has 2 amide bonds. The summed E-state index contributed by atoms with van der Waals surface area (Å²) in [7, 11) is 1.55. The molecule has 7 heteroatoms. The van der Waals surface area contributed by atoms with Crippen molar-refractivity contribution >= 4 is 34.9 Å². The fourth-order valence-corrected chi connectivity index (χ4v) is 3.41. The summed E-state index contributed by atoms with van der Waals surface area (Å²) in [4.78, 5) is 39.4. The van der Waals surface area contributed by atoms with Crippen molar-refractivity contribution in [3.05, 3.63) is 101 Å². The first-order chi connectivity index (χ1) is 15.4. The van der Waals surface area contributed by atoms with E-state index in [1.165, 1.54) is 11.0 Å². The number of nitrogens with two attached hydrogens (primary N) is 1. The number of halogens is 1. The molecule has 0 saturated heterocycles. The maximum absolute atomic E-state index is 13.0. The van der Waals surface area contributed by atoms with E-state index in [-0.39, 0.29) is 12.3 Å². The van der Waals surface area contributed by atoms with Crippen LogP contribution >= 0.6 is 11.6 Å².